The fourth-order valence-corrected chi connectivity index (χ4v) is 7.52. The van der Waals surface area contributed by atoms with Crippen molar-refractivity contribution in [1.29, 1.82) is 0 Å². The minimum atomic E-state index is -0.518. The van der Waals surface area contributed by atoms with E-state index >= 15 is 0 Å². The maximum Gasteiger partial charge on any atom is 0.254 e. The van der Waals surface area contributed by atoms with Gasteiger partial charge in [0.25, 0.3) is 5.91 Å². The second-order valence-corrected chi connectivity index (χ2v) is 12.0. The average Bonchev–Trinajstić information content (AvgIpc) is 2.80. The number of piperazine rings is 1. The Balaban J connectivity index is 1.21. The highest BCUT2D eigenvalue weighted by molar-refractivity contribution is 6.30. The van der Waals surface area contributed by atoms with Crippen molar-refractivity contribution in [2.75, 3.05) is 26.2 Å². The van der Waals surface area contributed by atoms with Gasteiger partial charge in [0.05, 0.1) is 0 Å². The van der Waals surface area contributed by atoms with Gasteiger partial charge in [-0.1, -0.05) is 31.5 Å². The van der Waals surface area contributed by atoms with Crippen LogP contribution in [-0.2, 0) is 9.59 Å². The van der Waals surface area contributed by atoms with E-state index < -0.39 is 6.04 Å². The van der Waals surface area contributed by atoms with E-state index in [1.807, 2.05) is 18.7 Å². The monoisotopic (exact) mass is 485 g/mol. The third-order valence-electron chi connectivity index (χ3n) is 8.69. The van der Waals surface area contributed by atoms with Gasteiger partial charge in [0, 0.05) is 42.2 Å². The van der Waals surface area contributed by atoms with Crippen molar-refractivity contribution >= 4 is 29.3 Å². The molecule has 1 aromatic carbocycles. The van der Waals surface area contributed by atoms with Crippen molar-refractivity contribution in [3.05, 3.63) is 34.9 Å². The van der Waals surface area contributed by atoms with E-state index in [0.29, 0.717) is 54.5 Å². The molecule has 1 heterocycles. The topological polar surface area (TPSA) is 69.7 Å². The first-order valence-corrected chi connectivity index (χ1v) is 13.3. The third kappa shape index (κ3) is 4.46. The van der Waals surface area contributed by atoms with Crippen LogP contribution >= 0.6 is 11.6 Å². The average molecular weight is 486 g/mol. The van der Waals surface area contributed by atoms with Gasteiger partial charge < -0.3 is 15.1 Å². The van der Waals surface area contributed by atoms with Crippen LogP contribution in [0.25, 0.3) is 0 Å². The zero-order valence-electron chi connectivity index (χ0n) is 20.3. The van der Waals surface area contributed by atoms with Crippen molar-refractivity contribution in [3.63, 3.8) is 0 Å². The third-order valence-corrected chi connectivity index (χ3v) is 8.92. The zero-order chi connectivity index (χ0) is 24.0. The van der Waals surface area contributed by atoms with Gasteiger partial charge in [-0.15, -0.1) is 0 Å². The number of nitrogens with one attached hydrogen (secondary N) is 1. The van der Waals surface area contributed by atoms with E-state index in [1.165, 1.54) is 19.3 Å². The van der Waals surface area contributed by atoms with E-state index in [2.05, 4.69) is 5.32 Å². The Hall–Kier alpha value is -2.08. The minimum Gasteiger partial charge on any atom is -0.344 e. The Morgan fingerprint density at radius 1 is 0.941 bits per heavy atom. The summed E-state index contributed by atoms with van der Waals surface area (Å²) in [4.78, 5) is 43.5. The van der Waals surface area contributed by atoms with Crippen LogP contribution in [0, 0.1) is 29.1 Å². The fourth-order valence-electron chi connectivity index (χ4n) is 7.33. The zero-order valence-corrected chi connectivity index (χ0v) is 21.0. The molecule has 0 radical (unpaired) electrons. The molecule has 5 aliphatic rings. The number of carbonyl (C=O) groups is 3. The maximum atomic E-state index is 13.6. The molecule has 1 N–H and O–H groups in total. The molecule has 1 aliphatic heterocycles. The Morgan fingerprint density at radius 3 is 2.03 bits per heavy atom. The van der Waals surface area contributed by atoms with Gasteiger partial charge in [0.15, 0.2) is 0 Å². The second-order valence-electron chi connectivity index (χ2n) is 11.5. The molecule has 4 aliphatic carbocycles. The van der Waals surface area contributed by atoms with Crippen molar-refractivity contribution < 1.29 is 14.4 Å². The molecular weight excluding hydrogens is 450 g/mol. The van der Waals surface area contributed by atoms with Gasteiger partial charge in [-0.2, -0.15) is 0 Å². The molecular formula is C27H36ClN3O3. The molecule has 3 amide bonds. The number of rotatable bonds is 5. The molecule has 34 heavy (non-hydrogen) atoms. The lowest BCUT2D eigenvalue weighted by atomic mass is 9.49. The summed E-state index contributed by atoms with van der Waals surface area (Å²) in [5.41, 5.74) is 0.305. The van der Waals surface area contributed by atoms with Crippen LogP contribution in [0.15, 0.2) is 24.3 Å². The van der Waals surface area contributed by atoms with Crippen LogP contribution < -0.4 is 5.32 Å². The maximum absolute atomic E-state index is 13.6. The molecule has 7 heteroatoms. The summed E-state index contributed by atoms with van der Waals surface area (Å²) in [7, 11) is 0. The summed E-state index contributed by atoms with van der Waals surface area (Å²) >= 11 is 6.04. The molecule has 6 nitrogen and oxygen atoms in total. The summed E-state index contributed by atoms with van der Waals surface area (Å²) in [5.74, 6) is 2.10. The van der Waals surface area contributed by atoms with Crippen LogP contribution in [0.4, 0.5) is 0 Å². The van der Waals surface area contributed by atoms with Crippen LogP contribution in [0.5, 0.6) is 0 Å². The van der Waals surface area contributed by atoms with E-state index in [9.17, 15) is 14.4 Å². The molecule has 184 valence electrons. The molecule has 0 unspecified atom stereocenters. The van der Waals surface area contributed by atoms with Gasteiger partial charge in [0.1, 0.15) is 6.04 Å². The van der Waals surface area contributed by atoms with Gasteiger partial charge >= 0.3 is 0 Å². The lowest BCUT2D eigenvalue weighted by Crippen LogP contribution is -2.60. The number of hydrogen-bond acceptors (Lipinski definition) is 3. The van der Waals surface area contributed by atoms with Crippen molar-refractivity contribution in [2.24, 2.45) is 29.1 Å². The predicted molar refractivity (Wildman–Crippen MR) is 131 cm³/mol. The number of hydrogen-bond donors (Lipinski definition) is 1. The normalized spacial score (nSPS) is 31.0. The van der Waals surface area contributed by atoms with Crippen molar-refractivity contribution in [1.82, 2.24) is 15.1 Å². The van der Waals surface area contributed by atoms with Crippen LogP contribution in [0.3, 0.4) is 0 Å². The van der Waals surface area contributed by atoms with Crippen LogP contribution in [0.2, 0.25) is 5.02 Å². The van der Waals surface area contributed by atoms with Crippen LogP contribution in [-0.4, -0.2) is 59.7 Å². The summed E-state index contributed by atoms with van der Waals surface area (Å²) in [6, 6.07) is 6.44. The number of nitrogens with zero attached hydrogens (tertiary/aromatic N) is 2. The molecule has 0 aromatic heterocycles. The number of carbonyl (C=O) groups excluding carboxylic acids is 3. The number of amides is 3. The van der Waals surface area contributed by atoms with Crippen LogP contribution in [0.1, 0.15) is 62.7 Å². The van der Waals surface area contributed by atoms with Gasteiger partial charge in [-0.25, -0.2) is 0 Å². The van der Waals surface area contributed by atoms with Gasteiger partial charge in [-0.05, 0) is 80.4 Å². The summed E-state index contributed by atoms with van der Waals surface area (Å²) in [6.45, 7) is 5.90. The first-order valence-electron chi connectivity index (χ1n) is 12.9. The largest absolute Gasteiger partial charge is 0.344 e. The molecule has 4 saturated carbocycles. The summed E-state index contributed by atoms with van der Waals surface area (Å²) < 4.78 is 0. The molecule has 1 saturated heterocycles. The summed E-state index contributed by atoms with van der Waals surface area (Å²) in [6.07, 6.45) is 6.85. The molecule has 5 fully saturated rings. The lowest BCUT2D eigenvalue weighted by Gasteiger charge is -2.56. The highest BCUT2D eigenvalue weighted by Crippen LogP contribution is 2.60. The fraction of sp³-hybridized carbons (Fsp3) is 0.667. The summed E-state index contributed by atoms with van der Waals surface area (Å²) in [5, 5.41) is 3.75. The highest BCUT2D eigenvalue weighted by Gasteiger charge is 2.55. The highest BCUT2D eigenvalue weighted by atomic mass is 35.5. The Kier molecular flexibility index (Phi) is 6.38. The molecule has 0 spiro atoms. The van der Waals surface area contributed by atoms with E-state index in [4.69, 9.17) is 11.6 Å². The molecule has 4 bridgehead atoms. The molecule has 1 aromatic rings. The lowest BCUT2D eigenvalue weighted by molar-refractivity contribution is -0.151. The SMILES string of the molecule is CC(C)[C@@H](NC(=O)C12CC3CC(CC(C3)C1)C2)C(=O)N1CCN(C(=O)c2cccc(Cl)c2)CC1. The molecule has 1 atom stereocenters. The quantitative estimate of drug-likeness (QED) is 0.685. The standard InChI is InChI=1S/C27H36ClN3O3/c1-17(2)23(29-26(34)27-14-18-10-19(15-27)12-20(11-18)16-27)25(33)31-8-6-30(7-9-31)24(32)21-4-3-5-22(28)13-21/h3-5,13,17-20,23H,6-12,14-16H2,1-2H3,(H,29,34)/t18?,19?,20?,23-,27?/m1/s1. The Morgan fingerprint density at radius 2 is 1.50 bits per heavy atom. The van der Waals surface area contributed by atoms with E-state index in [0.717, 1.165) is 19.3 Å². The Labute approximate surface area is 207 Å². The van der Waals surface area contributed by atoms with E-state index in [1.54, 1.807) is 29.2 Å². The van der Waals surface area contributed by atoms with Gasteiger partial charge in [0.2, 0.25) is 11.8 Å². The number of benzene rings is 1. The van der Waals surface area contributed by atoms with Crippen molar-refractivity contribution in [3.8, 4) is 0 Å². The van der Waals surface area contributed by atoms with Gasteiger partial charge in [-0.3, -0.25) is 14.4 Å². The van der Waals surface area contributed by atoms with Crippen molar-refractivity contribution in [2.45, 2.75) is 58.4 Å². The second kappa shape index (κ2) is 9.18. The molecule has 6 rings (SSSR count). The first-order chi connectivity index (χ1) is 16.2. The van der Waals surface area contributed by atoms with E-state index in [-0.39, 0.29) is 29.1 Å². The predicted octanol–water partition coefficient (Wildman–Crippen LogP) is 3.98. The Bertz CT molecular complexity index is 934. The number of halogens is 1. The minimum absolute atomic E-state index is 0.0106. The first kappa shape index (κ1) is 23.7. The smallest absolute Gasteiger partial charge is 0.254 e.